The highest BCUT2D eigenvalue weighted by atomic mass is 16.5. The second-order valence-electron chi connectivity index (χ2n) is 6.60. The number of piperidine rings is 1. The van der Waals surface area contributed by atoms with Crippen molar-refractivity contribution in [2.24, 2.45) is 12.0 Å². The lowest BCUT2D eigenvalue weighted by Gasteiger charge is -2.36. The lowest BCUT2D eigenvalue weighted by Crippen LogP contribution is -2.51. The maximum atomic E-state index is 5.53. The number of aryl methyl sites for hydroxylation is 1. The first kappa shape index (κ1) is 19.0. The number of ether oxygens (including phenoxy) is 1. The summed E-state index contributed by atoms with van der Waals surface area (Å²) in [6.45, 7) is 5.32. The Balaban J connectivity index is 1.66. The van der Waals surface area contributed by atoms with Gasteiger partial charge in [-0.25, -0.2) is 9.98 Å². The van der Waals surface area contributed by atoms with Crippen LogP contribution in [0.3, 0.4) is 0 Å². The van der Waals surface area contributed by atoms with Gasteiger partial charge in [0.2, 0.25) is 0 Å². The third-order valence-electron chi connectivity index (χ3n) is 4.72. The maximum Gasteiger partial charge on any atom is 0.191 e. The van der Waals surface area contributed by atoms with Gasteiger partial charge in [-0.1, -0.05) is 12.1 Å². The van der Waals surface area contributed by atoms with Crippen LogP contribution in [-0.2, 0) is 13.6 Å². The number of aromatic nitrogens is 3. The summed E-state index contributed by atoms with van der Waals surface area (Å²) >= 11 is 0. The lowest BCUT2D eigenvalue weighted by atomic mass is 10.0. The Morgan fingerprint density at radius 3 is 2.96 bits per heavy atom. The number of hydrogen-bond donors (Lipinski definition) is 2. The van der Waals surface area contributed by atoms with Crippen LogP contribution in [0.15, 0.2) is 35.6 Å². The van der Waals surface area contributed by atoms with E-state index < -0.39 is 0 Å². The molecule has 0 amide bonds. The Bertz CT molecular complexity index is 758. The average molecular weight is 371 g/mol. The summed E-state index contributed by atoms with van der Waals surface area (Å²) in [5.74, 6) is 2.57. The van der Waals surface area contributed by atoms with Crippen molar-refractivity contribution in [3.8, 4) is 5.75 Å². The molecule has 1 aromatic heterocycles. The lowest BCUT2D eigenvalue weighted by molar-refractivity contribution is 0.408. The van der Waals surface area contributed by atoms with Crippen LogP contribution in [0.2, 0.25) is 0 Å². The Morgan fingerprint density at radius 2 is 2.22 bits per heavy atom. The minimum absolute atomic E-state index is 0.320. The van der Waals surface area contributed by atoms with Gasteiger partial charge in [0, 0.05) is 32.7 Å². The van der Waals surface area contributed by atoms with Crippen molar-refractivity contribution in [3.05, 3.63) is 36.4 Å². The van der Waals surface area contributed by atoms with Crippen LogP contribution in [0.25, 0.3) is 0 Å². The Hall–Kier alpha value is -2.77. The average Bonchev–Trinajstić information content (AvgIpc) is 3.11. The van der Waals surface area contributed by atoms with Crippen molar-refractivity contribution in [1.29, 1.82) is 0 Å². The number of rotatable bonds is 6. The Kier molecular flexibility index (Phi) is 6.51. The molecule has 1 saturated heterocycles. The summed E-state index contributed by atoms with van der Waals surface area (Å²) in [6, 6.07) is 8.51. The highest BCUT2D eigenvalue weighted by Gasteiger charge is 2.22. The number of aliphatic imine (C=N–C) groups is 1. The summed E-state index contributed by atoms with van der Waals surface area (Å²) in [6.07, 6.45) is 3.79. The van der Waals surface area contributed by atoms with Gasteiger partial charge in [-0.15, -0.1) is 0 Å². The van der Waals surface area contributed by atoms with Crippen LogP contribution in [0.1, 0.15) is 25.6 Å². The smallest absolute Gasteiger partial charge is 0.191 e. The van der Waals surface area contributed by atoms with Crippen LogP contribution in [-0.4, -0.2) is 53.5 Å². The maximum absolute atomic E-state index is 5.53. The number of methoxy groups -OCH3 is 1. The first-order valence-corrected chi connectivity index (χ1v) is 9.47. The molecule has 146 valence electrons. The highest BCUT2D eigenvalue weighted by Crippen LogP contribution is 2.29. The van der Waals surface area contributed by atoms with Crippen LogP contribution >= 0.6 is 0 Å². The summed E-state index contributed by atoms with van der Waals surface area (Å²) in [5.41, 5.74) is 1.15. The second kappa shape index (κ2) is 9.25. The van der Waals surface area contributed by atoms with E-state index in [4.69, 9.17) is 4.74 Å². The molecular formula is C19H29N7O. The summed E-state index contributed by atoms with van der Waals surface area (Å²) < 4.78 is 7.28. The molecule has 1 aromatic carbocycles. The molecule has 1 aliphatic rings. The van der Waals surface area contributed by atoms with Crippen molar-refractivity contribution in [2.45, 2.75) is 32.4 Å². The fourth-order valence-electron chi connectivity index (χ4n) is 3.33. The fourth-order valence-corrected chi connectivity index (χ4v) is 3.33. The van der Waals surface area contributed by atoms with Gasteiger partial charge in [-0.05, 0) is 31.9 Å². The second-order valence-corrected chi connectivity index (χ2v) is 6.60. The molecule has 0 spiro atoms. The van der Waals surface area contributed by atoms with Crippen molar-refractivity contribution in [2.75, 3.05) is 31.6 Å². The molecule has 2 N–H and O–H groups in total. The summed E-state index contributed by atoms with van der Waals surface area (Å²) in [4.78, 5) is 11.3. The van der Waals surface area contributed by atoms with E-state index in [2.05, 4.69) is 49.7 Å². The first-order valence-electron chi connectivity index (χ1n) is 9.47. The van der Waals surface area contributed by atoms with Gasteiger partial charge in [0.05, 0.1) is 12.8 Å². The topological polar surface area (TPSA) is 79.6 Å². The Labute approximate surface area is 160 Å². The zero-order chi connectivity index (χ0) is 19.1. The van der Waals surface area contributed by atoms with E-state index in [1.165, 1.54) is 0 Å². The largest absolute Gasteiger partial charge is 0.495 e. The van der Waals surface area contributed by atoms with Crippen molar-refractivity contribution < 1.29 is 4.74 Å². The van der Waals surface area contributed by atoms with E-state index in [0.29, 0.717) is 12.6 Å². The molecule has 0 radical (unpaired) electrons. The molecule has 0 saturated carbocycles. The molecule has 0 bridgehead atoms. The van der Waals surface area contributed by atoms with Crippen LogP contribution in [0.5, 0.6) is 5.75 Å². The van der Waals surface area contributed by atoms with E-state index in [-0.39, 0.29) is 0 Å². The van der Waals surface area contributed by atoms with Crippen molar-refractivity contribution >= 4 is 11.6 Å². The van der Waals surface area contributed by atoms with Crippen LogP contribution < -0.4 is 20.3 Å². The van der Waals surface area contributed by atoms with E-state index in [9.17, 15) is 0 Å². The van der Waals surface area contributed by atoms with E-state index in [1.807, 2.05) is 19.2 Å². The van der Waals surface area contributed by atoms with Gasteiger partial charge in [-0.3, -0.25) is 4.68 Å². The van der Waals surface area contributed by atoms with Crippen LogP contribution in [0, 0.1) is 0 Å². The molecular weight excluding hydrogens is 342 g/mol. The number of para-hydroxylation sites is 2. The van der Waals surface area contributed by atoms with Crippen molar-refractivity contribution in [1.82, 2.24) is 25.4 Å². The van der Waals surface area contributed by atoms with E-state index >= 15 is 0 Å². The number of nitrogens with one attached hydrogen (secondary N) is 2. The molecule has 8 nitrogen and oxygen atoms in total. The molecule has 1 atom stereocenters. The molecule has 2 aromatic rings. The molecule has 2 heterocycles. The molecule has 8 heteroatoms. The zero-order valence-corrected chi connectivity index (χ0v) is 16.4. The van der Waals surface area contributed by atoms with Crippen molar-refractivity contribution in [3.63, 3.8) is 0 Å². The summed E-state index contributed by atoms with van der Waals surface area (Å²) in [5, 5.41) is 11.0. The van der Waals surface area contributed by atoms with Gasteiger partial charge in [0.25, 0.3) is 0 Å². The molecule has 1 fully saturated rings. The zero-order valence-electron chi connectivity index (χ0n) is 16.4. The third kappa shape index (κ3) is 4.90. The number of guanidine groups is 1. The number of nitrogens with zero attached hydrogens (tertiary/aromatic N) is 5. The predicted molar refractivity (Wildman–Crippen MR) is 107 cm³/mol. The monoisotopic (exact) mass is 371 g/mol. The van der Waals surface area contributed by atoms with Gasteiger partial charge in [0.15, 0.2) is 5.96 Å². The van der Waals surface area contributed by atoms with E-state index in [1.54, 1.807) is 18.1 Å². The normalized spacial score (nSPS) is 17.7. The predicted octanol–water partition coefficient (Wildman–Crippen LogP) is 1.55. The number of hydrogen-bond acceptors (Lipinski definition) is 5. The molecule has 3 rings (SSSR count). The molecule has 27 heavy (non-hydrogen) atoms. The van der Waals surface area contributed by atoms with E-state index in [0.717, 1.165) is 55.7 Å². The fraction of sp³-hybridized carbons (Fsp3) is 0.526. The van der Waals surface area contributed by atoms with Gasteiger partial charge in [-0.2, -0.15) is 5.10 Å². The standard InChI is InChI=1S/C19H29N7O/c1-4-20-19(21-12-18-22-14-23-25(18)2)24-15-8-7-11-26(13-15)16-9-5-6-10-17(16)27-3/h5-6,9-10,14-15H,4,7-8,11-13H2,1-3H3,(H2,20,21,24). The SMILES string of the molecule is CCNC(=NCc1ncnn1C)NC1CCCN(c2ccccc2OC)C1. The number of anilines is 1. The van der Waals surface area contributed by atoms with Crippen LogP contribution in [0.4, 0.5) is 5.69 Å². The summed E-state index contributed by atoms with van der Waals surface area (Å²) in [7, 11) is 3.60. The minimum Gasteiger partial charge on any atom is -0.495 e. The Morgan fingerprint density at radius 1 is 1.37 bits per heavy atom. The van der Waals surface area contributed by atoms with Gasteiger partial charge >= 0.3 is 0 Å². The first-order chi connectivity index (χ1) is 13.2. The molecule has 1 aliphatic heterocycles. The molecule has 1 unspecified atom stereocenters. The quantitative estimate of drug-likeness (QED) is 0.592. The highest BCUT2D eigenvalue weighted by molar-refractivity contribution is 5.80. The minimum atomic E-state index is 0.320. The number of benzene rings is 1. The third-order valence-corrected chi connectivity index (χ3v) is 4.72. The van der Waals surface area contributed by atoms with Gasteiger partial charge in [0.1, 0.15) is 24.4 Å². The van der Waals surface area contributed by atoms with Gasteiger partial charge < -0.3 is 20.3 Å². The molecule has 0 aliphatic carbocycles.